The second-order valence-electron chi connectivity index (χ2n) is 6.02. The van der Waals surface area contributed by atoms with Gasteiger partial charge in [-0.3, -0.25) is 4.90 Å². The van der Waals surface area contributed by atoms with E-state index in [0.717, 1.165) is 18.8 Å². The van der Waals surface area contributed by atoms with Crippen LogP contribution in [0.2, 0.25) is 0 Å². The smallest absolute Gasteiger partial charge is 0.0317 e. The Morgan fingerprint density at radius 1 is 1.21 bits per heavy atom. The zero-order valence-electron chi connectivity index (χ0n) is 12.5. The van der Waals surface area contributed by atoms with Crippen LogP contribution in [0.4, 0.5) is 5.69 Å². The molecule has 0 fully saturated rings. The molecule has 106 valence electrons. The molecule has 3 nitrogen and oxygen atoms in total. The maximum atomic E-state index is 5.84. The lowest BCUT2D eigenvalue weighted by Gasteiger charge is -2.21. The molecule has 0 radical (unpaired) electrons. The largest absolute Gasteiger partial charge is 0.399 e. The molecule has 0 atom stereocenters. The Labute approximate surface area is 117 Å². The Bertz CT molecular complexity index is 414. The van der Waals surface area contributed by atoms with E-state index >= 15 is 0 Å². The third-order valence-corrected chi connectivity index (χ3v) is 4.13. The highest BCUT2D eigenvalue weighted by Gasteiger charge is 2.18. The van der Waals surface area contributed by atoms with Crippen molar-refractivity contribution in [2.24, 2.45) is 0 Å². The molecule has 2 N–H and O–H groups in total. The van der Waals surface area contributed by atoms with Crippen molar-refractivity contribution in [3.05, 3.63) is 29.3 Å². The predicted octanol–water partition coefficient (Wildman–Crippen LogP) is 2.70. The number of nitrogen functional groups attached to an aromatic ring is 1. The number of fused-ring (bicyclic) bond motifs is 1. The molecule has 0 aromatic heterocycles. The average Bonchev–Trinajstić information content (AvgIpc) is 2.75. The van der Waals surface area contributed by atoms with Gasteiger partial charge >= 0.3 is 0 Å². The maximum Gasteiger partial charge on any atom is 0.0317 e. The number of nitrogens with zero attached hydrogens (tertiary/aromatic N) is 2. The van der Waals surface area contributed by atoms with Gasteiger partial charge in [0.1, 0.15) is 0 Å². The molecule has 1 heterocycles. The number of nitrogens with two attached hydrogens (primary N) is 1. The number of anilines is 1. The van der Waals surface area contributed by atoms with E-state index in [4.69, 9.17) is 5.73 Å². The molecule has 2 rings (SSSR count). The van der Waals surface area contributed by atoms with E-state index in [9.17, 15) is 0 Å². The van der Waals surface area contributed by atoms with Gasteiger partial charge in [0, 0.05) is 24.8 Å². The standard InChI is InChI=1S/C16H27N3/c1-13(2)18(3)8-4-5-9-19-11-14-6-7-16(17)10-15(14)12-19/h6-7,10,13H,4-5,8-9,11-12,17H2,1-3H3. The first-order valence-corrected chi connectivity index (χ1v) is 7.36. The van der Waals surface area contributed by atoms with Gasteiger partial charge in [0.25, 0.3) is 0 Å². The van der Waals surface area contributed by atoms with Crippen LogP contribution < -0.4 is 5.73 Å². The van der Waals surface area contributed by atoms with Crippen molar-refractivity contribution < 1.29 is 0 Å². The van der Waals surface area contributed by atoms with Gasteiger partial charge in [-0.1, -0.05) is 6.07 Å². The van der Waals surface area contributed by atoms with E-state index in [1.807, 2.05) is 6.07 Å². The summed E-state index contributed by atoms with van der Waals surface area (Å²) in [6.45, 7) is 9.06. The van der Waals surface area contributed by atoms with Gasteiger partial charge in [0.15, 0.2) is 0 Å². The molecule has 19 heavy (non-hydrogen) atoms. The second-order valence-corrected chi connectivity index (χ2v) is 6.02. The number of rotatable bonds is 6. The van der Waals surface area contributed by atoms with Crippen LogP contribution in [0.15, 0.2) is 18.2 Å². The first-order valence-electron chi connectivity index (χ1n) is 7.36. The van der Waals surface area contributed by atoms with E-state index < -0.39 is 0 Å². The first-order chi connectivity index (χ1) is 9.06. The van der Waals surface area contributed by atoms with Crippen LogP contribution in [0.1, 0.15) is 37.8 Å². The Morgan fingerprint density at radius 2 is 1.95 bits per heavy atom. The maximum absolute atomic E-state index is 5.84. The molecule has 0 unspecified atom stereocenters. The van der Waals surface area contributed by atoms with Gasteiger partial charge in [0.2, 0.25) is 0 Å². The van der Waals surface area contributed by atoms with Crippen LogP contribution in [0.25, 0.3) is 0 Å². The van der Waals surface area contributed by atoms with Crippen LogP contribution >= 0.6 is 0 Å². The minimum atomic E-state index is 0.652. The molecule has 0 saturated carbocycles. The highest BCUT2D eigenvalue weighted by Crippen LogP contribution is 2.24. The fourth-order valence-electron chi connectivity index (χ4n) is 2.60. The van der Waals surface area contributed by atoms with E-state index in [-0.39, 0.29) is 0 Å². The predicted molar refractivity (Wildman–Crippen MR) is 82.0 cm³/mol. The van der Waals surface area contributed by atoms with Crippen molar-refractivity contribution in [1.29, 1.82) is 0 Å². The zero-order valence-corrected chi connectivity index (χ0v) is 12.5. The first kappa shape index (κ1) is 14.4. The van der Waals surface area contributed by atoms with E-state index in [2.05, 4.69) is 42.8 Å². The van der Waals surface area contributed by atoms with Crippen molar-refractivity contribution in [2.45, 2.75) is 45.8 Å². The third-order valence-electron chi connectivity index (χ3n) is 4.13. The number of hydrogen-bond acceptors (Lipinski definition) is 3. The molecule has 1 aliphatic rings. The fourth-order valence-corrected chi connectivity index (χ4v) is 2.60. The minimum Gasteiger partial charge on any atom is -0.399 e. The lowest BCUT2D eigenvalue weighted by Crippen LogP contribution is -2.28. The summed E-state index contributed by atoms with van der Waals surface area (Å²) in [5.41, 5.74) is 9.59. The van der Waals surface area contributed by atoms with Crippen molar-refractivity contribution in [2.75, 3.05) is 25.9 Å². The normalized spacial score (nSPS) is 15.4. The molecule has 3 heteroatoms. The Balaban J connectivity index is 1.70. The summed E-state index contributed by atoms with van der Waals surface area (Å²) in [7, 11) is 2.21. The molecule has 0 spiro atoms. The van der Waals surface area contributed by atoms with E-state index in [1.54, 1.807) is 0 Å². The number of hydrogen-bond donors (Lipinski definition) is 1. The summed E-state index contributed by atoms with van der Waals surface area (Å²) in [5, 5.41) is 0. The number of benzene rings is 1. The Kier molecular flexibility index (Phi) is 4.83. The molecule has 1 aromatic rings. The SMILES string of the molecule is CC(C)N(C)CCCCN1Cc2ccc(N)cc2C1. The molecular weight excluding hydrogens is 234 g/mol. The van der Waals surface area contributed by atoms with Gasteiger partial charge in [-0.2, -0.15) is 0 Å². The van der Waals surface area contributed by atoms with Crippen molar-refractivity contribution in [3.63, 3.8) is 0 Å². The summed E-state index contributed by atoms with van der Waals surface area (Å²) in [6.07, 6.45) is 2.56. The lowest BCUT2D eigenvalue weighted by atomic mass is 10.1. The highest BCUT2D eigenvalue weighted by atomic mass is 15.1. The van der Waals surface area contributed by atoms with Crippen LogP contribution in [0, 0.1) is 0 Å². The monoisotopic (exact) mass is 261 g/mol. The quantitative estimate of drug-likeness (QED) is 0.631. The molecule has 1 aromatic carbocycles. The second kappa shape index (κ2) is 6.40. The van der Waals surface area contributed by atoms with Gasteiger partial charge in [-0.15, -0.1) is 0 Å². The zero-order chi connectivity index (χ0) is 13.8. The van der Waals surface area contributed by atoms with E-state index in [1.165, 1.54) is 37.1 Å². The summed E-state index contributed by atoms with van der Waals surface area (Å²) in [6, 6.07) is 6.97. The summed E-state index contributed by atoms with van der Waals surface area (Å²) >= 11 is 0. The Morgan fingerprint density at radius 3 is 2.68 bits per heavy atom. The molecule has 0 aliphatic carbocycles. The lowest BCUT2D eigenvalue weighted by molar-refractivity contribution is 0.243. The minimum absolute atomic E-state index is 0.652. The average molecular weight is 261 g/mol. The van der Waals surface area contributed by atoms with Crippen LogP contribution in [-0.2, 0) is 13.1 Å². The van der Waals surface area contributed by atoms with E-state index in [0.29, 0.717) is 6.04 Å². The molecular formula is C16H27N3. The van der Waals surface area contributed by atoms with Gasteiger partial charge in [0.05, 0.1) is 0 Å². The van der Waals surface area contributed by atoms with Crippen LogP contribution in [0.5, 0.6) is 0 Å². The molecule has 0 saturated heterocycles. The van der Waals surface area contributed by atoms with Crippen molar-refractivity contribution in [1.82, 2.24) is 9.80 Å². The fraction of sp³-hybridized carbons (Fsp3) is 0.625. The van der Waals surface area contributed by atoms with Gasteiger partial charge in [-0.05, 0) is 70.1 Å². The van der Waals surface area contributed by atoms with Crippen LogP contribution in [0.3, 0.4) is 0 Å². The molecule has 0 amide bonds. The summed E-state index contributed by atoms with van der Waals surface area (Å²) < 4.78 is 0. The van der Waals surface area contributed by atoms with Crippen molar-refractivity contribution >= 4 is 5.69 Å². The van der Waals surface area contributed by atoms with Gasteiger partial charge < -0.3 is 10.6 Å². The number of unbranched alkanes of at least 4 members (excludes halogenated alkanes) is 1. The molecule has 0 bridgehead atoms. The van der Waals surface area contributed by atoms with Crippen molar-refractivity contribution in [3.8, 4) is 0 Å². The Hall–Kier alpha value is -1.06. The third kappa shape index (κ3) is 3.95. The van der Waals surface area contributed by atoms with Gasteiger partial charge in [-0.25, -0.2) is 0 Å². The summed E-state index contributed by atoms with van der Waals surface area (Å²) in [5.74, 6) is 0. The summed E-state index contributed by atoms with van der Waals surface area (Å²) in [4.78, 5) is 4.94. The molecule has 1 aliphatic heterocycles. The topological polar surface area (TPSA) is 32.5 Å². The van der Waals surface area contributed by atoms with Crippen LogP contribution in [-0.4, -0.2) is 36.0 Å². The highest BCUT2D eigenvalue weighted by molar-refractivity contribution is 5.46.